The van der Waals surface area contributed by atoms with Crippen molar-refractivity contribution in [2.75, 3.05) is 6.54 Å². The van der Waals surface area contributed by atoms with Gasteiger partial charge in [-0.3, -0.25) is 0 Å². The summed E-state index contributed by atoms with van der Waals surface area (Å²) in [6.45, 7) is 6.58. The fraction of sp³-hybridized carbons (Fsp3) is 0.250. The Morgan fingerprint density at radius 1 is 1.33 bits per heavy atom. The molecule has 80 valence electrons. The second-order valence-electron chi connectivity index (χ2n) is 3.69. The fourth-order valence-electron chi connectivity index (χ4n) is 1.42. The van der Waals surface area contributed by atoms with Crippen LogP contribution >= 0.6 is 0 Å². The molecule has 0 heterocycles. The van der Waals surface area contributed by atoms with Crippen molar-refractivity contribution in [1.82, 2.24) is 4.71 Å². The molecule has 0 aromatic heterocycles. The Balaban J connectivity index is 3.13. The van der Waals surface area contributed by atoms with E-state index in [0.717, 1.165) is 0 Å². The summed E-state index contributed by atoms with van der Waals surface area (Å²) in [7, 11) is 0. The summed E-state index contributed by atoms with van der Waals surface area (Å²) in [6, 6.07) is 8.41. The van der Waals surface area contributed by atoms with E-state index in [1.165, 1.54) is 6.92 Å². The lowest BCUT2D eigenvalue weighted by molar-refractivity contribution is -0.141. The van der Waals surface area contributed by atoms with Crippen molar-refractivity contribution >= 4 is 11.6 Å². The quantitative estimate of drug-likeness (QED) is 0.551. The molecule has 15 heavy (non-hydrogen) atoms. The van der Waals surface area contributed by atoms with E-state index in [0.29, 0.717) is 11.3 Å². The maximum absolute atomic E-state index is 14.4. The number of amides is 1. The van der Waals surface area contributed by atoms with Gasteiger partial charge in [0.05, 0.1) is 6.92 Å². The van der Waals surface area contributed by atoms with Crippen molar-refractivity contribution in [1.29, 1.82) is 0 Å². The molecule has 0 aliphatic carbocycles. The Bertz CT molecular complexity index is 374. The van der Waals surface area contributed by atoms with Crippen LogP contribution in [-0.4, -0.2) is 12.5 Å². The van der Waals surface area contributed by atoms with Gasteiger partial charge in [-0.15, -0.1) is 0 Å². The lowest BCUT2D eigenvalue weighted by Gasteiger charge is -2.21. The van der Waals surface area contributed by atoms with Crippen LogP contribution in [0.4, 0.5) is 10.2 Å². The number of quaternary nitrogens is 1. The summed E-state index contributed by atoms with van der Waals surface area (Å²) in [6.07, 6.45) is 0. The number of halogens is 1. The van der Waals surface area contributed by atoms with Crippen LogP contribution in [-0.2, 0) is 4.79 Å². The standard InChI is InChI=1S/C12H15FNO/c1-10(2)9-14(13,11(3)15)12-7-5-4-6-8-12/h4-8H,1,9H2,2-3H3/q+1. The normalized spacial score (nSPS) is 14.3. The summed E-state index contributed by atoms with van der Waals surface area (Å²) in [5.41, 5.74) is 0.976. The van der Waals surface area contributed by atoms with E-state index in [2.05, 4.69) is 6.58 Å². The predicted molar refractivity (Wildman–Crippen MR) is 59.7 cm³/mol. The van der Waals surface area contributed by atoms with Crippen molar-refractivity contribution in [2.45, 2.75) is 13.8 Å². The molecule has 1 amide bonds. The van der Waals surface area contributed by atoms with E-state index < -0.39 is 10.6 Å². The van der Waals surface area contributed by atoms with Gasteiger partial charge in [0, 0.05) is 16.6 Å². The average Bonchev–Trinajstić information content (AvgIpc) is 2.17. The molecule has 0 bridgehead atoms. The SMILES string of the molecule is C=C(C)C[N+](F)(C(C)=O)c1ccccc1. The molecule has 0 aliphatic heterocycles. The average molecular weight is 208 g/mol. The van der Waals surface area contributed by atoms with Crippen molar-refractivity contribution in [3.05, 3.63) is 42.5 Å². The number of hydrogen-bond donors (Lipinski definition) is 0. The van der Waals surface area contributed by atoms with Gasteiger partial charge in [-0.2, -0.15) is 0 Å². The summed E-state index contributed by atoms with van der Waals surface area (Å²) < 4.78 is 13.2. The van der Waals surface area contributed by atoms with Gasteiger partial charge < -0.3 is 0 Å². The van der Waals surface area contributed by atoms with E-state index in [9.17, 15) is 9.28 Å². The van der Waals surface area contributed by atoms with E-state index in [-0.39, 0.29) is 6.54 Å². The molecule has 0 N–H and O–H groups in total. The van der Waals surface area contributed by atoms with Crippen LogP contribution < -0.4 is 4.71 Å². The molecular formula is C12H15FNO+. The van der Waals surface area contributed by atoms with Crippen molar-refractivity contribution in [3.8, 4) is 0 Å². The zero-order valence-corrected chi connectivity index (χ0v) is 9.03. The highest BCUT2D eigenvalue weighted by atomic mass is 19.2. The van der Waals surface area contributed by atoms with E-state index in [1.54, 1.807) is 37.3 Å². The van der Waals surface area contributed by atoms with Gasteiger partial charge >= 0.3 is 5.91 Å². The highest BCUT2D eigenvalue weighted by molar-refractivity contribution is 5.84. The van der Waals surface area contributed by atoms with E-state index in [4.69, 9.17) is 0 Å². The van der Waals surface area contributed by atoms with Crippen molar-refractivity contribution in [2.24, 2.45) is 0 Å². The third-order valence-corrected chi connectivity index (χ3v) is 2.15. The van der Waals surface area contributed by atoms with Gasteiger partial charge in [-0.05, 0) is 17.2 Å². The molecule has 1 atom stereocenters. The van der Waals surface area contributed by atoms with Crippen LogP contribution in [0, 0.1) is 0 Å². The molecule has 0 saturated heterocycles. The van der Waals surface area contributed by atoms with E-state index >= 15 is 0 Å². The smallest absolute Gasteiger partial charge is 0.227 e. The molecule has 1 aromatic carbocycles. The molecule has 1 rings (SSSR count). The third kappa shape index (κ3) is 2.50. The first kappa shape index (κ1) is 11.6. The lowest BCUT2D eigenvalue weighted by atomic mass is 10.2. The maximum atomic E-state index is 14.4. The monoisotopic (exact) mass is 208 g/mol. The van der Waals surface area contributed by atoms with Gasteiger partial charge in [-0.1, -0.05) is 24.8 Å². The second kappa shape index (κ2) is 4.36. The lowest BCUT2D eigenvalue weighted by Crippen LogP contribution is -2.46. The molecule has 1 aromatic rings. The second-order valence-corrected chi connectivity index (χ2v) is 3.69. The fourth-order valence-corrected chi connectivity index (χ4v) is 1.42. The first-order chi connectivity index (χ1) is 6.97. The van der Waals surface area contributed by atoms with Crippen molar-refractivity contribution < 1.29 is 9.28 Å². The minimum absolute atomic E-state index is 0.0145. The third-order valence-electron chi connectivity index (χ3n) is 2.15. The molecule has 2 nitrogen and oxygen atoms in total. The zero-order valence-electron chi connectivity index (χ0n) is 9.03. The highest BCUT2D eigenvalue weighted by Gasteiger charge is 2.38. The highest BCUT2D eigenvalue weighted by Crippen LogP contribution is 2.25. The molecule has 0 aliphatic rings. The molecule has 0 fully saturated rings. The number of rotatable bonds is 3. The van der Waals surface area contributed by atoms with Crippen LogP contribution in [0.25, 0.3) is 0 Å². The minimum Gasteiger partial charge on any atom is -0.227 e. The number of benzene rings is 1. The first-order valence-electron chi connectivity index (χ1n) is 4.75. The first-order valence-corrected chi connectivity index (χ1v) is 4.75. The van der Waals surface area contributed by atoms with Gasteiger partial charge in [0.25, 0.3) is 0 Å². The number of hydrogen-bond acceptors (Lipinski definition) is 1. The van der Waals surface area contributed by atoms with Gasteiger partial charge in [0.15, 0.2) is 5.69 Å². The number of para-hydroxylation sites is 1. The van der Waals surface area contributed by atoms with Crippen LogP contribution in [0.3, 0.4) is 0 Å². The molecule has 3 heteroatoms. The molecule has 0 saturated carbocycles. The number of carbonyl (C=O) groups is 1. The van der Waals surface area contributed by atoms with E-state index in [1.807, 2.05) is 0 Å². The summed E-state index contributed by atoms with van der Waals surface area (Å²) in [5.74, 6) is -0.538. The summed E-state index contributed by atoms with van der Waals surface area (Å²) in [4.78, 5) is 11.4. The van der Waals surface area contributed by atoms with Gasteiger partial charge in [-0.25, -0.2) is 4.79 Å². The molecule has 1 unspecified atom stereocenters. The number of carbonyl (C=O) groups excluding carboxylic acids is 1. The Morgan fingerprint density at radius 2 is 1.87 bits per heavy atom. The predicted octanol–water partition coefficient (Wildman–Crippen LogP) is 3.00. The topological polar surface area (TPSA) is 17.1 Å². The van der Waals surface area contributed by atoms with Gasteiger partial charge in [0.1, 0.15) is 6.54 Å². The van der Waals surface area contributed by atoms with Crippen LogP contribution in [0.1, 0.15) is 13.8 Å². The maximum Gasteiger partial charge on any atom is 0.353 e. The Hall–Kier alpha value is -1.48. The minimum atomic E-state index is -1.21. The summed E-state index contributed by atoms with van der Waals surface area (Å²) in [5, 5.41) is 0. The zero-order chi connectivity index (χ0) is 11.5. The van der Waals surface area contributed by atoms with Crippen LogP contribution in [0.5, 0.6) is 0 Å². The van der Waals surface area contributed by atoms with Gasteiger partial charge in [0.2, 0.25) is 0 Å². The Kier molecular flexibility index (Phi) is 3.37. The number of nitrogens with zero attached hydrogens (tertiary/aromatic N) is 1. The Morgan fingerprint density at radius 3 is 2.27 bits per heavy atom. The molecule has 0 radical (unpaired) electrons. The largest absolute Gasteiger partial charge is 0.353 e. The summed E-state index contributed by atoms with van der Waals surface area (Å²) >= 11 is 0. The molecule has 0 spiro atoms. The van der Waals surface area contributed by atoms with Crippen LogP contribution in [0.2, 0.25) is 0 Å². The Labute approximate surface area is 89.2 Å². The van der Waals surface area contributed by atoms with Crippen molar-refractivity contribution in [3.63, 3.8) is 0 Å². The van der Waals surface area contributed by atoms with Crippen LogP contribution in [0.15, 0.2) is 42.5 Å². The molecular weight excluding hydrogens is 193 g/mol.